The Morgan fingerprint density at radius 2 is 1.91 bits per heavy atom. The van der Waals surface area contributed by atoms with Gasteiger partial charge in [-0.2, -0.15) is 0 Å². The summed E-state index contributed by atoms with van der Waals surface area (Å²) in [6.45, 7) is 4.07. The molecule has 5 heteroatoms. The van der Waals surface area contributed by atoms with Crippen LogP contribution in [-0.4, -0.2) is 24.4 Å². The van der Waals surface area contributed by atoms with E-state index in [-0.39, 0.29) is 17.9 Å². The highest BCUT2D eigenvalue weighted by Gasteiger charge is 2.33. The largest absolute Gasteiger partial charge is 0.308 e. The lowest BCUT2D eigenvalue weighted by atomic mass is 10.1. The molecule has 0 saturated heterocycles. The standard InChI is InChI=1S/C17H18N2O2S/c1-12-11-18(17(21)10-14-6-5-9-22-14)15-7-3-4-8-16(15)19(12)13(2)20/h3-9,12H,10-11H2,1-2H3. The van der Waals surface area contributed by atoms with Crippen LogP contribution in [0.2, 0.25) is 0 Å². The highest BCUT2D eigenvalue weighted by Crippen LogP contribution is 2.35. The van der Waals surface area contributed by atoms with Gasteiger partial charge in [-0.25, -0.2) is 0 Å². The van der Waals surface area contributed by atoms with Crippen LogP contribution in [0.5, 0.6) is 0 Å². The third-order valence-electron chi connectivity index (χ3n) is 3.87. The predicted molar refractivity (Wildman–Crippen MR) is 89.4 cm³/mol. The summed E-state index contributed by atoms with van der Waals surface area (Å²) >= 11 is 1.59. The zero-order chi connectivity index (χ0) is 15.7. The van der Waals surface area contributed by atoms with Crippen molar-refractivity contribution in [2.24, 2.45) is 0 Å². The SMILES string of the molecule is CC(=O)N1c2ccccc2N(C(=O)Cc2cccs2)CC1C. The van der Waals surface area contributed by atoms with Crippen molar-refractivity contribution in [2.45, 2.75) is 26.3 Å². The van der Waals surface area contributed by atoms with Crippen LogP contribution < -0.4 is 9.80 Å². The molecule has 0 bridgehead atoms. The molecule has 2 amide bonds. The first-order valence-corrected chi connectivity index (χ1v) is 8.17. The van der Waals surface area contributed by atoms with Gasteiger partial charge < -0.3 is 9.80 Å². The van der Waals surface area contributed by atoms with Crippen molar-refractivity contribution in [1.29, 1.82) is 0 Å². The number of hydrogen-bond acceptors (Lipinski definition) is 3. The Morgan fingerprint density at radius 3 is 2.55 bits per heavy atom. The summed E-state index contributed by atoms with van der Waals surface area (Å²) in [5.74, 6) is 0.0789. The summed E-state index contributed by atoms with van der Waals surface area (Å²) < 4.78 is 0. The Labute approximate surface area is 134 Å². The fraction of sp³-hybridized carbons (Fsp3) is 0.294. The molecule has 1 unspecified atom stereocenters. The van der Waals surface area contributed by atoms with Gasteiger partial charge >= 0.3 is 0 Å². The second-order valence-corrected chi connectivity index (χ2v) is 6.52. The van der Waals surface area contributed by atoms with Gasteiger partial charge in [-0.3, -0.25) is 9.59 Å². The van der Waals surface area contributed by atoms with Crippen molar-refractivity contribution in [2.75, 3.05) is 16.3 Å². The lowest BCUT2D eigenvalue weighted by molar-refractivity contribution is -0.119. The van der Waals surface area contributed by atoms with Crippen LogP contribution in [0.25, 0.3) is 0 Å². The first-order valence-electron chi connectivity index (χ1n) is 7.29. The fourth-order valence-corrected chi connectivity index (χ4v) is 3.65. The van der Waals surface area contributed by atoms with Crippen LogP contribution in [0.1, 0.15) is 18.7 Å². The van der Waals surface area contributed by atoms with Gasteiger partial charge in [-0.05, 0) is 30.5 Å². The van der Waals surface area contributed by atoms with E-state index in [9.17, 15) is 9.59 Å². The molecule has 0 aliphatic carbocycles. The first-order chi connectivity index (χ1) is 10.6. The van der Waals surface area contributed by atoms with Crippen molar-refractivity contribution in [3.05, 3.63) is 46.7 Å². The van der Waals surface area contributed by atoms with Gasteiger partial charge in [0.2, 0.25) is 11.8 Å². The van der Waals surface area contributed by atoms with E-state index in [1.54, 1.807) is 28.1 Å². The Bertz CT molecular complexity index is 696. The highest BCUT2D eigenvalue weighted by molar-refractivity contribution is 7.10. The summed E-state index contributed by atoms with van der Waals surface area (Å²) in [5, 5.41) is 1.98. The minimum Gasteiger partial charge on any atom is -0.308 e. The molecule has 1 aromatic carbocycles. The number of carbonyl (C=O) groups is 2. The average Bonchev–Trinajstić information content (AvgIpc) is 2.98. The number of carbonyl (C=O) groups excluding carboxylic acids is 2. The fourth-order valence-electron chi connectivity index (χ4n) is 2.95. The number of amides is 2. The maximum Gasteiger partial charge on any atom is 0.232 e. The maximum absolute atomic E-state index is 12.7. The Balaban J connectivity index is 1.94. The molecule has 2 aromatic rings. The summed E-state index contributed by atoms with van der Waals surface area (Å²) in [7, 11) is 0. The molecule has 0 saturated carbocycles. The first kappa shape index (κ1) is 14.8. The predicted octanol–water partition coefficient (Wildman–Crippen LogP) is 3.08. The topological polar surface area (TPSA) is 40.6 Å². The van der Waals surface area contributed by atoms with Crippen molar-refractivity contribution in [3.8, 4) is 0 Å². The molecule has 0 fully saturated rings. The number of fused-ring (bicyclic) bond motifs is 1. The lowest BCUT2D eigenvalue weighted by Crippen LogP contribution is -2.51. The molecule has 114 valence electrons. The van der Waals surface area contributed by atoms with Gasteiger partial charge in [0.15, 0.2) is 0 Å². The second kappa shape index (κ2) is 5.93. The number of thiophene rings is 1. The Kier molecular flexibility index (Phi) is 3.98. The molecule has 1 aromatic heterocycles. The Hall–Kier alpha value is -2.14. The van der Waals surface area contributed by atoms with E-state index in [0.717, 1.165) is 16.3 Å². The molecule has 3 rings (SSSR count). The van der Waals surface area contributed by atoms with Crippen LogP contribution in [0.4, 0.5) is 11.4 Å². The van der Waals surface area contributed by atoms with Gasteiger partial charge in [-0.1, -0.05) is 18.2 Å². The monoisotopic (exact) mass is 314 g/mol. The molecule has 2 heterocycles. The van der Waals surface area contributed by atoms with Gasteiger partial charge in [0.05, 0.1) is 23.8 Å². The zero-order valence-corrected chi connectivity index (χ0v) is 13.5. The van der Waals surface area contributed by atoms with E-state index in [1.165, 1.54) is 0 Å². The zero-order valence-electron chi connectivity index (χ0n) is 12.7. The summed E-state index contributed by atoms with van der Waals surface area (Å²) in [6.07, 6.45) is 0.402. The molecule has 1 atom stereocenters. The minimum absolute atomic E-state index is 0.00491. The third kappa shape index (κ3) is 2.64. The summed E-state index contributed by atoms with van der Waals surface area (Å²) in [6, 6.07) is 11.5. The van der Waals surface area contributed by atoms with Crippen molar-refractivity contribution in [1.82, 2.24) is 0 Å². The number of benzene rings is 1. The van der Waals surface area contributed by atoms with E-state index >= 15 is 0 Å². The molecular formula is C17H18N2O2S. The third-order valence-corrected chi connectivity index (χ3v) is 4.74. The molecule has 1 aliphatic rings. The van der Waals surface area contributed by atoms with Crippen LogP contribution in [-0.2, 0) is 16.0 Å². The van der Waals surface area contributed by atoms with E-state index in [0.29, 0.717) is 13.0 Å². The molecule has 1 aliphatic heterocycles. The molecule has 4 nitrogen and oxygen atoms in total. The quantitative estimate of drug-likeness (QED) is 0.855. The number of nitrogens with zero attached hydrogens (tertiary/aromatic N) is 2. The van der Waals surface area contributed by atoms with E-state index in [4.69, 9.17) is 0 Å². The van der Waals surface area contributed by atoms with Crippen molar-refractivity contribution >= 4 is 34.5 Å². The average molecular weight is 314 g/mol. The van der Waals surface area contributed by atoms with Crippen LogP contribution in [0, 0.1) is 0 Å². The van der Waals surface area contributed by atoms with E-state index in [2.05, 4.69) is 0 Å². The maximum atomic E-state index is 12.7. The van der Waals surface area contributed by atoms with Gasteiger partial charge in [0, 0.05) is 18.3 Å². The molecule has 0 radical (unpaired) electrons. The number of rotatable bonds is 2. The van der Waals surface area contributed by atoms with Gasteiger partial charge in [-0.15, -0.1) is 11.3 Å². The van der Waals surface area contributed by atoms with E-state index < -0.39 is 0 Å². The van der Waals surface area contributed by atoms with Crippen molar-refractivity contribution in [3.63, 3.8) is 0 Å². The van der Waals surface area contributed by atoms with Gasteiger partial charge in [0.25, 0.3) is 0 Å². The van der Waals surface area contributed by atoms with Crippen LogP contribution >= 0.6 is 11.3 Å². The molecule has 22 heavy (non-hydrogen) atoms. The molecule has 0 spiro atoms. The van der Waals surface area contributed by atoms with E-state index in [1.807, 2.05) is 48.7 Å². The van der Waals surface area contributed by atoms with Crippen LogP contribution in [0.15, 0.2) is 41.8 Å². The minimum atomic E-state index is -0.0281. The summed E-state index contributed by atoms with van der Waals surface area (Å²) in [5.41, 5.74) is 1.63. The van der Waals surface area contributed by atoms with Gasteiger partial charge in [0.1, 0.15) is 0 Å². The van der Waals surface area contributed by atoms with Crippen LogP contribution in [0.3, 0.4) is 0 Å². The number of anilines is 2. The molecule has 0 N–H and O–H groups in total. The number of hydrogen-bond donors (Lipinski definition) is 0. The lowest BCUT2D eigenvalue weighted by Gasteiger charge is -2.40. The normalized spacial score (nSPS) is 17.3. The number of para-hydroxylation sites is 2. The highest BCUT2D eigenvalue weighted by atomic mass is 32.1. The summed E-state index contributed by atoms with van der Waals surface area (Å²) in [4.78, 5) is 29.2. The Morgan fingerprint density at radius 1 is 1.18 bits per heavy atom. The smallest absolute Gasteiger partial charge is 0.232 e. The molecular weight excluding hydrogens is 296 g/mol. The second-order valence-electron chi connectivity index (χ2n) is 5.49. The van der Waals surface area contributed by atoms with Crippen molar-refractivity contribution < 1.29 is 9.59 Å².